The molecule has 0 aromatic carbocycles. The van der Waals surface area contributed by atoms with Gasteiger partial charge >= 0.3 is 0 Å². The van der Waals surface area contributed by atoms with Crippen LogP contribution in [0.3, 0.4) is 0 Å². The summed E-state index contributed by atoms with van der Waals surface area (Å²) in [6, 6.07) is 0. The van der Waals surface area contributed by atoms with E-state index >= 15 is 0 Å². The van der Waals surface area contributed by atoms with Crippen LogP contribution in [0.25, 0.3) is 0 Å². The first-order valence-electron chi connectivity index (χ1n) is 9.02. The normalized spacial score (nSPS) is 26.2. The van der Waals surface area contributed by atoms with Crippen molar-refractivity contribution < 1.29 is 4.80 Å². The van der Waals surface area contributed by atoms with Crippen LogP contribution in [0.15, 0.2) is 0 Å². The SMILES string of the molecule is O[SiH2]C(C1CCCCCCC1)C1CCCCCCC1. The van der Waals surface area contributed by atoms with Crippen LogP contribution in [-0.4, -0.2) is 14.6 Å². The summed E-state index contributed by atoms with van der Waals surface area (Å²) in [6.45, 7) is 0. The van der Waals surface area contributed by atoms with Gasteiger partial charge in [0.1, 0.15) is 0 Å². The van der Waals surface area contributed by atoms with E-state index in [1.807, 2.05) is 0 Å². The summed E-state index contributed by atoms with van der Waals surface area (Å²) >= 11 is 0. The fourth-order valence-corrected chi connectivity index (χ4v) is 6.05. The molecule has 2 saturated carbocycles. The highest BCUT2D eigenvalue weighted by Gasteiger charge is 2.29. The van der Waals surface area contributed by atoms with Crippen LogP contribution in [0.2, 0.25) is 5.54 Å². The summed E-state index contributed by atoms with van der Waals surface area (Å²) in [5.41, 5.74) is 0.760. The predicted molar refractivity (Wildman–Crippen MR) is 86.1 cm³/mol. The maximum Gasteiger partial charge on any atom is 0.160 e. The molecule has 112 valence electrons. The molecule has 0 bridgehead atoms. The Morgan fingerprint density at radius 1 is 0.579 bits per heavy atom. The van der Waals surface area contributed by atoms with Crippen molar-refractivity contribution in [3.8, 4) is 0 Å². The molecule has 2 fully saturated rings. The molecule has 1 N–H and O–H groups in total. The van der Waals surface area contributed by atoms with Gasteiger partial charge in [0, 0.05) is 0 Å². The summed E-state index contributed by atoms with van der Waals surface area (Å²) in [5, 5.41) is 0. The van der Waals surface area contributed by atoms with E-state index in [2.05, 4.69) is 0 Å². The van der Waals surface area contributed by atoms with Gasteiger partial charge in [0.25, 0.3) is 0 Å². The van der Waals surface area contributed by atoms with E-state index in [4.69, 9.17) is 0 Å². The van der Waals surface area contributed by atoms with Crippen LogP contribution >= 0.6 is 0 Å². The molecule has 0 saturated heterocycles. The summed E-state index contributed by atoms with van der Waals surface area (Å²) in [5.74, 6) is 1.78. The maximum atomic E-state index is 10.1. The lowest BCUT2D eigenvalue weighted by molar-refractivity contribution is 0.255. The first-order valence-corrected chi connectivity index (χ1v) is 10.5. The molecule has 0 aromatic heterocycles. The first kappa shape index (κ1) is 15.6. The van der Waals surface area contributed by atoms with Crippen LogP contribution < -0.4 is 0 Å². The highest BCUT2D eigenvalue weighted by molar-refractivity contribution is 6.28. The van der Waals surface area contributed by atoms with E-state index in [9.17, 15) is 4.80 Å². The van der Waals surface area contributed by atoms with E-state index in [1.54, 1.807) is 0 Å². The predicted octanol–water partition coefficient (Wildman–Crippen LogP) is 4.57. The summed E-state index contributed by atoms with van der Waals surface area (Å²) in [4.78, 5) is 10.1. The van der Waals surface area contributed by atoms with Crippen molar-refractivity contribution in [2.75, 3.05) is 0 Å². The van der Waals surface area contributed by atoms with Gasteiger partial charge in [-0.3, -0.25) is 0 Å². The van der Waals surface area contributed by atoms with Crippen LogP contribution in [0.4, 0.5) is 0 Å². The minimum atomic E-state index is -0.815. The summed E-state index contributed by atoms with van der Waals surface area (Å²) < 4.78 is 0. The smallest absolute Gasteiger partial charge is 0.160 e. The Labute approximate surface area is 122 Å². The first-order chi connectivity index (χ1) is 9.42. The molecular weight excluding hydrogens is 248 g/mol. The second-order valence-electron chi connectivity index (χ2n) is 7.06. The van der Waals surface area contributed by atoms with Crippen molar-refractivity contribution in [2.24, 2.45) is 11.8 Å². The average molecular weight is 283 g/mol. The van der Waals surface area contributed by atoms with E-state index in [0.29, 0.717) is 0 Å². The van der Waals surface area contributed by atoms with Crippen LogP contribution in [-0.2, 0) is 0 Å². The molecule has 19 heavy (non-hydrogen) atoms. The lowest BCUT2D eigenvalue weighted by Crippen LogP contribution is -2.25. The lowest BCUT2D eigenvalue weighted by atomic mass is 9.79. The Morgan fingerprint density at radius 3 is 1.21 bits per heavy atom. The molecule has 0 heterocycles. The third kappa shape index (κ3) is 5.22. The number of hydrogen-bond donors (Lipinski definition) is 1. The van der Waals surface area contributed by atoms with Crippen molar-refractivity contribution in [1.29, 1.82) is 0 Å². The topological polar surface area (TPSA) is 20.2 Å². The fraction of sp³-hybridized carbons (Fsp3) is 1.00. The second kappa shape index (κ2) is 9.18. The minimum Gasteiger partial charge on any atom is -0.438 e. The van der Waals surface area contributed by atoms with Crippen LogP contribution in [0, 0.1) is 11.8 Å². The Kier molecular flexibility index (Phi) is 7.52. The van der Waals surface area contributed by atoms with Gasteiger partial charge in [-0.2, -0.15) is 0 Å². The minimum absolute atomic E-state index is 0.760. The molecule has 0 spiro atoms. The third-order valence-electron chi connectivity index (χ3n) is 5.72. The van der Waals surface area contributed by atoms with Crippen molar-refractivity contribution in [2.45, 2.75) is 95.4 Å². The fourth-order valence-electron chi connectivity index (χ4n) is 4.51. The molecule has 0 unspecified atom stereocenters. The molecule has 2 rings (SSSR count). The average Bonchev–Trinajstić information content (AvgIpc) is 2.34. The summed E-state index contributed by atoms with van der Waals surface area (Å²) in [6.07, 6.45) is 20.1. The Morgan fingerprint density at radius 2 is 0.895 bits per heavy atom. The molecular formula is C17H34OSi. The molecule has 0 aliphatic heterocycles. The molecule has 0 atom stereocenters. The van der Waals surface area contributed by atoms with Crippen molar-refractivity contribution in [3.63, 3.8) is 0 Å². The van der Waals surface area contributed by atoms with Crippen LogP contribution in [0.1, 0.15) is 89.9 Å². The van der Waals surface area contributed by atoms with Gasteiger partial charge in [-0.1, -0.05) is 89.9 Å². The van der Waals surface area contributed by atoms with Gasteiger partial charge in [0.05, 0.1) is 0 Å². The summed E-state index contributed by atoms with van der Waals surface area (Å²) in [7, 11) is -0.815. The van der Waals surface area contributed by atoms with Gasteiger partial charge in [-0.25, -0.2) is 0 Å². The number of rotatable bonds is 3. The maximum absolute atomic E-state index is 10.1. The Hall–Kier alpha value is 0.177. The van der Waals surface area contributed by atoms with Gasteiger partial charge in [0.2, 0.25) is 0 Å². The number of hydrogen-bond acceptors (Lipinski definition) is 1. The van der Waals surface area contributed by atoms with Crippen molar-refractivity contribution in [3.05, 3.63) is 0 Å². The molecule has 2 aliphatic rings. The van der Waals surface area contributed by atoms with Crippen LogP contribution in [0.5, 0.6) is 0 Å². The van der Waals surface area contributed by atoms with Gasteiger partial charge < -0.3 is 4.80 Å². The highest BCUT2D eigenvalue weighted by Crippen LogP contribution is 2.41. The van der Waals surface area contributed by atoms with Gasteiger partial charge in [-0.05, 0) is 17.4 Å². The largest absolute Gasteiger partial charge is 0.438 e. The lowest BCUT2D eigenvalue weighted by Gasteiger charge is -2.34. The molecule has 0 amide bonds. The zero-order chi connectivity index (χ0) is 13.3. The molecule has 0 radical (unpaired) electrons. The monoisotopic (exact) mass is 282 g/mol. The molecule has 0 aromatic rings. The Balaban J connectivity index is 1.91. The van der Waals surface area contributed by atoms with Gasteiger partial charge in [0.15, 0.2) is 9.76 Å². The second-order valence-corrected chi connectivity index (χ2v) is 8.36. The van der Waals surface area contributed by atoms with E-state index in [0.717, 1.165) is 17.4 Å². The standard InChI is InChI=1S/C17H34OSi/c18-19-17(15-11-7-3-1-4-8-12-15)16-13-9-5-2-6-10-14-16/h15-18H,1-14,19H2. The Bertz CT molecular complexity index is 193. The molecule has 2 aliphatic carbocycles. The third-order valence-corrected chi connectivity index (χ3v) is 7.48. The van der Waals surface area contributed by atoms with E-state index in [-0.39, 0.29) is 0 Å². The quantitative estimate of drug-likeness (QED) is 0.752. The zero-order valence-corrected chi connectivity index (χ0v) is 14.2. The molecule has 2 heteroatoms. The van der Waals surface area contributed by atoms with Crippen molar-refractivity contribution in [1.82, 2.24) is 0 Å². The van der Waals surface area contributed by atoms with Crippen molar-refractivity contribution >= 4 is 9.76 Å². The van der Waals surface area contributed by atoms with E-state index in [1.165, 1.54) is 89.9 Å². The van der Waals surface area contributed by atoms with Gasteiger partial charge in [-0.15, -0.1) is 0 Å². The molecule has 1 nitrogen and oxygen atoms in total. The van der Waals surface area contributed by atoms with E-state index < -0.39 is 9.76 Å². The zero-order valence-electron chi connectivity index (χ0n) is 12.8. The highest BCUT2D eigenvalue weighted by atomic mass is 28.2.